The zero-order valence-electron chi connectivity index (χ0n) is 16.6. The zero-order valence-corrected chi connectivity index (χ0v) is 16.6. The Kier molecular flexibility index (Phi) is 10.2. The van der Waals surface area contributed by atoms with Gasteiger partial charge < -0.3 is 36.4 Å². The number of aliphatic hydroxyl groups is 4. The number of hydrogen-bond donors (Lipinski definition) is 7. The van der Waals surface area contributed by atoms with E-state index in [0.29, 0.717) is 24.1 Å². The first-order valence-corrected chi connectivity index (χ1v) is 9.32. The summed E-state index contributed by atoms with van der Waals surface area (Å²) in [7, 11) is 0. The predicted molar refractivity (Wildman–Crippen MR) is 106 cm³/mol. The lowest BCUT2D eigenvalue weighted by Crippen LogP contribution is -2.35. The molecule has 0 aromatic heterocycles. The number of aliphatic hydroxyl groups excluding tert-OH is 4. The van der Waals surface area contributed by atoms with E-state index in [0.717, 1.165) is 0 Å². The average Bonchev–Trinajstić information content (AvgIpc) is 2.70. The summed E-state index contributed by atoms with van der Waals surface area (Å²) in [6, 6.07) is 2.80. The van der Waals surface area contributed by atoms with Gasteiger partial charge in [0.15, 0.2) is 0 Å². The molecule has 2 atom stereocenters. The zero-order chi connectivity index (χ0) is 22.0. The van der Waals surface area contributed by atoms with Crippen molar-refractivity contribution in [3.63, 3.8) is 0 Å². The molecule has 3 amide bonds. The van der Waals surface area contributed by atoms with Gasteiger partial charge in [0.05, 0.1) is 25.4 Å². The molecular formula is C19H29N3O7. The van der Waals surface area contributed by atoms with E-state index in [1.165, 1.54) is 19.1 Å². The molecule has 0 heterocycles. The fourth-order valence-corrected chi connectivity index (χ4v) is 2.57. The second kappa shape index (κ2) is 12.1. The fourth-order valence-electron chi connectivity index (χ4n) is 2.57. The highest BCUT2D eigenvalue weighted by molar-refractivity contribution is 6.04. The molecule has 0 bridgehead atoms. The van der Waals surface area contributed by atoms with Crippen molar-refractivity contribution in [2.75, 3.05) is 31.6 Å². The maximum Gasteiger partial charge on any atom is 0.251 e. The monoisotopic (exact) mass is 411 g/mol. The van der Waals surface area contributed by atoms with Crippen LogP contribution >= 0.6 is 0 Å². The Morgan fingerprint density at radius 1 is 0.966 bits per heavy atom. The average molecular weight is 411 g/mol. The molecule has 1 aromatic rings. The largest absolute Gasteiger partial charge is 0.394 e. The van der Waals surface area contributed by atoms with Gasteiger partial charge in [-0.25, -0.2) is 0 Å². The van der Waals surface area contributed by atoms with Crippen LogP contribution in [-0.2, 0) is 11.2 Å². The number of benzene rings is 1. The quantitative estimate of drug-likeness (QED) is 0.239. The molecule has 0 aliphatic heterocycles. The van der Waals surface area contributed by atoms with Crippen molar-refractivity contribution in [2.45, 2.75) is 38.9 Å². The molecule has 0 saturated heterocycles. The van der Waals surface area contributed by atoms with E-state index in [9.17, 15) is 24.6 Å². The summed E-state index contributed by atoms with van der Waals surface area (Å²) in [5.74, 6) is -1.55. The summed E-state index contributed by atoms with van der Waals surface area (Å²) in [6.45, 7) is 1.78. The standard InChI is InChI=1S/C19H29N3O7/c1-3-4-15-16(19(29)21-8-14(27)10-24)5-12(6-17(15)22-11(2)25)18(28)20-7-13(26)9-23/h5-6,13-14,23-24,26-27H,3-4,7-10H2,1-2H3,(H,20,28)(H,21,29)(H,22,25). The molecule has 0 spiro atoms. The molecule has 1 rings (SSSR count). The number of carbonyl (C=O) groups is 3. The second-order valence-electron chi connectivity index (χ2n) is 6.57. The van der Waals surface area contributed by atoms with Gasteiger partial charge in [0.1, 0.15) is 0 Å². The SMILES string of the molecule is CCCc1c(NC(C)=O)cc(C(=O)NCC(O)CO)cc1C(=O)NCC(O)CO. The normalized spacial score (nSPS) is 12.8. The first kappa shape index (κ1) is 24.5. The van der Waals surface area contributed by atoms with Gasteiger partial charge in [-0.2, -0.15) is 0 Å². The van der Waals surface area contributed by atoms with Crippen molar-refractivity contribution >= 4 is 23.4 Å². The summed E-state index contributed by atoms with van der Waals surface area (Å²) < 4.78 is 0. The van der Waals surface area contributed by atoms with Crippen LogP contribution in [0.5, 0.6) is 0 Å². The van der Waals surface area contributed by atoms with Gasteiger partial charge >= 0.3 is 0 Å². The van der Waals surface area contributed by atoms with Gasteiger partial charge in [-0.3, -0.25) is 14.4 Å². The summed E-state index contributed by atoms with van der Waals surface area (Å²) in [5.41, 5.74) is 1.07. The third-order valence-corrected chi connectivity index (χ3v) is 3.99. The molecule has 0 aliphatic carbocycles. The van der Waals surface area contributed by atoms with Crippen LogP contribution in [0.15, 0.2) is 12.1 Å². The Hall–Kier alpha value is -2.53. The minimum Gasteiger partial charge on any atom is -0.394 e. The predicted octanol–water partition coefficient (Wildman–Crippen LogP) is -1.24. The van der Waals surface area contributed by atoms with Crippen molar-refractivity contribution < 1.29 is 34.8 Å². The molecule has 2 unspecified atom stereocenters. The molecule has 29 heavy (non-hydrogen) atoms. The number of rotatable bonds is 11. The Balaban J connectivity index is 3.30. The van der Waals surface area contributed by atoms with E-state index in [4.69, 9.17) is 10.2 Å². The minimum atomic E-state index is -1.13. The van der Waals surface area contributed by atoms with Crippen molar-refractivity contribution in [1.82, 2.24) is 10.6 Å². The number of amides is 3. The van der Waals surface area contributed by atoms with E-state index in [2.05, 4.69) is 16.0 Å². The molecule has 0 fully saturated rings. The van der Waals surface area contributed by atoms with Crippen LogP contribution in [0, 0.1) is 0 Å². The summed E-state index contributed by atoms with van der Waals surface area (Å²) in [4.78, 5) is 36.7. The van der Waals surface area contributed by atoms with Gasteiger partial charge in [-0.05, 0) is 24.1 Å². The molecule has 1 aromatic carbocycles. The van der Waals surface area contributed by atoms with Crippen molar-refractivity contribution in [1.29, 1.82) is 0 Å². The minimum absolute atomic E-state index is 0.0756. The van der Waals surface area contributed by atoms with Crippen LogP contribution in [0.3, 0.4) is 0 Å². The molecule has 0 radical (unpaired) electrons. The molecule has 10 heteroatoms. The highest BCUT2D eigenvalue weighted by atomic mass is 16.3. The number of nitrogens with one attached hydrogen (secondary N) is 3. The molecule has 10 nitrogen and oxygen atoms in total. The topological polar surface area (TPSA) is 168 Å². The smallest absolute Gasteiger partial charge is 0.251 e. The van der Waals surface area contributed by atoms with Crippen LogP contribution in [0.1, 0.15) is 46.5 Å². The van der Waals surface area contributed by atoms with Crippen LogP contribution in [0.25, 0.3) is 0 Å². The van der Waals surface area contributed by atoms with Crippen molar-refractivity contribution in [3.8, 4) is 0 Å². The highest BCUT2D eigenvalue weighted by Crippen LogP contribution is 2.25. The molecular weight excluding hydrogens is 382 g/mol. The lowest BCUT2D eigenvalue weighted by Gasteiger charge is -2.18. The van der Waals surface area contributed by atoms with E-state index in [1.54, 1.807) is 0 Å². The second-order valence-corrected chi connectivity index (χ2v) is 6.57. The summed E-state index contributed by atoms with van der Waals surface area (Å²) in [5, 5.41) is 44.2. The van der Waals surface area contributed by atoms with E-state index in [-0.39, 0.29) is 30.1 Å². The molecule has 162 valence electrons. The number of carbonyl (C=O) groups excluding carboxylic acids is 3. The van der Waals surface area contributed by atoms with Gasteiger partial charge in [-0.15, -0.1) is 0 Å². The lowest BCUT2D eigenvalue weighted by molar-refractivity contribution is -0.114. The Labute approximate surface area is 168 Å². The number of hydrogen-bond acceptors (Lipinski definition) is 7. The van der Waals surface area contributed by atoms with Crippen LogP contribution in [0.2, 0.25) is 0 Å². The fraction of sp³-hybridized carbons (Fsp3) is 0.526. The molecule has 0 aliphatic rings. The van der Waals surface area contributed by atoms with Crippen LogP contribution < -0.4 is 16.0 Å². The third-order valence-electron chi connectivity index (χ3n) is 3.99. The Morgan fingerprint density at radius 3 is 2.00 bits per heavy atom. The Morgan fingerprint density at radius 2 is 1.52 bits per heavy atom. The lowest BCUT2D eigenvalue weighted by atomic mass is 9.96. The third kappa shape index (κ3) is 7.78. The molecule has 7 N–H and O–H groups in total. The summed E-state index contributed by atoms with van der Waals surface area (Å²) >= 11 is 0. The van der Waals surface area contributed by atoms with Crippen LogP contribution in [-0.4, -0.2) is 76.7 Å². The van der Waals surface area contributed by atoms with Gasteiger partial charge in [0.25, 0.3) is 11.8 Å². The van der Waals surface area contributed by atoms with E-state index < -0.39 is 37.2 Å². The van der Waals surface area contributed by atoms with E-state index in [1.807, 2.05) is 6.92 Å². The Bertz CT molecular complexity index is 724. The van der Waals surface area contributed by atoms with Gasteiger partial charge in [0, 0.05) is 36.8 Å². The van der Waals surface area contributed by atoms with Gasteiger partial charge in [0.2, 0.25) is 5.91 Å². The first-order valence-electron chi connectivity index (χ1n) is 9.32. The maximum atomic E-state index is 12.7. The van der Waals surface area contributed by atoms with E-state index >= 15 is 0 Å². The molecule has 0 saturated carbocycles. The number of anilines is 1. The van der Waals surface area contributed by atoms with Crippen molar-refractivity contribution in [3.05, 3.63) is 28.8 Å². The maximum absolute atomic E-state index is 12.7. The highest BCUT2D eigenvalue weighted by Gasteiger charge is 2.20. The van der Waals surface area contributed by atoms with Crippen molar-refractivity contribution in [2.24, 2.45) is 0 Å². The summed E-state index contributed by atoms with van der Waals surface area (Å²) in [6.07, 6.45) is -1.14. The van der Waals surface area contributed by atoms with Gasteiger partial charge in [-0.1, -0.05) is 13.3 Å². The first-order chi connectivity index (χ1) is 13.7. The van der Waals surface area contributed by atoms with Crippen LogP contribution in [0.4, 0.5) is 5.69 Å².